The molecular weight excluding hydrogens is 511 g/mol. The second kappa shape index (κ2) is 10.4. The van der Waals surface area contributed by atoms with Crippen LogP contribution >= 0.6 is 0 Å². The first-order chi connectivity index (χ1) is 17.8. The van der Waals surface area contributed by atoms with Gasteiger partial charge in [0.25, 0.3) is 5.91 Å². The minimum atomic E-state index is -4.75. The van der Waals surface area contributed by atoms with Crippen LogP contribution in [0.5, 0.6) is 11.5 Å². The summed E-state index contributed by atoms with van der Waals surface area (Å²) in [5.74, 6) is -3.96. The summed E-state index contributed by atoms with van der Waals surface area (Å²) in [4.78, 5) is 24.2. The maximum Gasteiger partial charge on any atom is 0.416 e. The summed E-state index contributed by atoms with van der Waals surface area (Å²) < 4.78 is 75.5. The molecule has 0 radical (unpaired) electrons. The molecule has 0 aromatic heterocycles. The Bertz CT molecular complexity index is 1400. The van der Waals surface area contributed by atoms with Crippen LogP contribution in [0, 0.1) is 18.6 Å². The van der Waals surface area contributed by atoms with Gasteiger partial charge in [0, 0.05) is 17.3 Å². The number of hydrogen-bond acceptors (Lipinski definition) is 4. The maximum atomic E-state index is 14.3. The molecule has 1 amide bonds. The van der Waals surface area contributed by atoms with E-state index in [4.69, 9.17) is 15.6 Å². The molecule has 0 heterocycles. The van der Waals surface area contributed by atoms with E-state index in [-0.39, 0.29) is 34.2 Å². The molecule has 0 saturated heterocycles. The van der Waals surface area contributed by atoms with Crippen molar-refractivity contribution < 1.29 is 41.4 Å². The SMILES string of the molecule is Cc1cc(F)ccc1Oc1cc(C2CC2)c(C(F)(F)F)cc1C(=O)Nc1ccc(F)c(C(N)CC(=O)O)c1. The van der Waals surface area contributed by atoms with Crippen LogP contribution in [0.2, 0.25) is 0 Å². The molecule has 4 rings (SSSR count). The molecule has 38 heavy (non-hydrogen) atoms. The van der Waals surface area contributed by atoms with Gasteiger partial charge in [-0.2, -0.15) is 13.2 Å². The number of aliphatic carboxylic acids is 1. The van der Waals surface area contributed by atoms with Crippen molar-refractivity contribution in [1.29, 1.82) is 0 Å². The molecule has 200 valence electrons. The van der Waals surface area contributed by atoms with Crippen LogP contribution in [0.25, 0.3) is 0 Å². The molecule has 11 heteroatoms. The highest BCUT2D eigenvalue weighted by atomic mass is 19.4. The fourth-order valence-corrected chi connectivity index (χ4v) is 4.08. The number of rotatable bonds is 8. The predicted octanol–water partition coefficient (Wildman–Crippen LogP) is 6.69. The lowest BCUT2D eigenvalue weighted by molar-refractivity contribution is -0.138. The van der Waals surface area contributed by atoms with E-state index in [0.717, 1.165) is 24.3 Å². The lowest BCUT2D eigenvalue weighted by Gasteiger charge is -2.19. The number of nitrogens with one attached hydrogen (secondary N) is 1. The molecule has 0 bridgehead atoms. The Morgan fingerprint density at radius 1 is 1.08 bits per heavy atom. The molecule has 1 atom stereocenters. The zero-order valence-electron chi connectivity index (χ0n) is 20.0. The molecule has 3 aromatic carbocycles. The van der Waals surface area contributed by atoms with Crippen molar-refractivity contribution in [3.8, 4) is 11.5 Å². The first-order valence-corrected chi connectivity index (χ1v) is 11.6. The van der Waals surface area contributed by atoms with E-state index < -0.39 is 53.3 Å². The third-order valence-corrected chi connectivity index (χ3v) is 6.12. The molecule has 4 N–H and O–H groups in total. The number of hydrogen-bond donors (Lipinski definition) is 3. The molecule has 1 fully saturated rings. The summed E-state index contributed by atoms with van der Waals surface area (Å²) >= 11 is 0. The number of alkyl halides is 3. The Hall–Kier alpha value is -3.99. The maximum absolute atomic E-state index is 14.3. The smallest absolute Gasteiger partial charge is 0.416 e. The highest BCUT2D eigenvalue weighted by molar-refractivity contribution is 6.06. The molecule has 1 aliphatic rings. The van der Waals surface area contributed by atoms with Gasteiger partial charge in [-0.25, -0.2) is 8.78 Å². The van der Waals surface area contributed by atoms with E-state index in [1.54, 1.807) is 6.92 Å². The minimum absolute atomic E-state index is 0.00692. The first-order valence-electron chi connectivity index (χ1n) is 11.6. The van der Waals surface area contributed by atoms with Gasteiger partial charge in [-0.05, 0) is 85.3 Å². The van der Waals surface area contributed by atoms with Crippen molar-refractivity contribution in [2.45, 2.75) is 44.3 Å². The lowest BCUT2D eigenvalue weighted by Crippen LogP contribution is -2.19. The number of halogens is 5. The third-order valence-electron chi connectivity index (χ3n) is 6.12. The largest absolute Gasteiger partial charge is 0.481 e. The quantitative estimate of drug-likeness (QED) is 0.280. The summed E-state index contributed by atoms with van der Waals surface area (Å²) in [6.07, 6.45) is -4.22. The van der Waals surface area contributed by atoms with Crippen molar-refractivity contribution in [3.63, 3.8) is 0 Å². The van der Waals surface area contributed by atoms with E-state index in [1.807, 2.05) is 0 Å². The molecule has 6 nitrogen and oxygen atoms in total. The second-order valence-electron chi connectivity index (χ2n) is 9.11. The molecule has 1 aliphatic carbocycles. The normalized spacial score (nSPS) is 14.2. The average molecular weight is 534 g/mol. The van der Waals surface area contributed by atoms with Gasteiger partial charge >= 0.3 is 12.1 Å². The molecule has 0 aliphatic heterocycles. The van der Waals surface area contributed by atoms with Gasteiger partial charge in [0.1, 0.15) is 23.1 Å². The van der Waals surface area contributed by atoms with Gasteiger partial charge < -0.3 is 20.9 Å². The van der Waals surface area contributed by atoms with E-state index in [9.17, 15) is 31.5 Å². The number of carbonyl (C=O) groups is 2. The fraction of sp³-hybridized carbons (Fsp3) is 0.259. The highest BCUT2D eigenvalue weighted by Crippen LogP contribution is 2.48. The van der Waals surface area contributed by atoms with Crippen LogP contribution in [0.3, 0.4) is 0 Å². The molecule has 0 spiro atoms. The number of ether oxygens (including phenoxy) is 1. The summed E-state index contributed by atoms with van der Waals surface area (Å²) in [5, 5.41) is 11.4. The fourth-order valence-electron chi connectivity index (χ4n) is 4.08. The van der Waals surface area contributed by atoms with Crippen molar-refractivity contribution in [3.05, 3.63) is 88.0 Å². The number of amides is 1. The van der Waals surface area contributed by atoms with E-state index >= 15 is 0 Å². The van der Waals surface area contributed by atoms with Crippen LogP contribution < -0.4 is 15.8 Å². The molecule has 1 saturated carbocycles. The number of nitrogens with two attached hydrogens (primary N) is 1. The summed E-state index contributed by atoms with van der Waals surface area (Å²) in [6, 6.07) is 7.51. The number of carboxylic acids is 1. The Labute approximate surface area is 214 Å². The van der Waals surface area contributed by atoms with Crippen molar-refractivity contribution in [2.24, 2.45) is 5.73 Å². The predicted molar refractivity (Wildman–Crippen MR) is 128 cm³/mol. The summed E-state index contributed by atoms with van der Waals surface area (Å²) in [6.45, 7) is 1.55. The van der Waals surface area contributed by atoms with Gasteiger partial charge in [0.05, 0.1) is 17.5 Å². The monoisotopic (exact) mass is 534 g/mol. The Balaban J connectivity index is 1.75. The van der Waals surface area contributed by atoms with Gasteiger partial charge in [-0.15, -0.1) is 0 Å². The van der Waals surface area contributed by atoms with Crippen molar-refractivity contribution >= 4 is 17.6 Å². The zero-order valence-corrected chi connectivity index (χ0v) is 20.0. The van der Waals surface area contributed by atoms with Crippen molar-refractivity contribution in [1.82, 2.24) is 0 Å². The first kappa shape index (κ1) is 27.1. The van der Waals surface area contributed by atoms with E-state index in [1.165, 1.54) is 18.2 Å². The van der Waals surface area contributed by atoms with Gasteiger partial charge in [0.15, 0.2) is 0 Å². The highest BCUT2D eigenvalue weighted by Gasteiger charge is 2.40. The van der Waals surface area contributed by atoms with Crippen LogP contribution in [-0.4, -0.2) is 17.0 Å². The molecule has 1 unspecified atom stereocenters. The van der Waals surface area contributed by atoms with E-state index in [0.29, 0.717) is 24.5 Å². The van der Waals surface area contributed by atoms with Crippen LogP contribution in [0.4, 0.5) is 27.6 Å². The van der Waals surface area contributed by atoms with E-state index in [2.05, 4.69) is 5.32 Å². The second-order valence-corrected chi connectivity index (χ2v) is 9.11. The standard InChI is InChI=1S/C27H23F5N2O4/c1-13-8-15(28)4-7-23(13)38-24-11-17(14-2-3-14)20(27(30,31)32)10-19(24)26(37)34-16-5-6-21(29)18(9-16)22(33)12-25(35)36/h4-11,14,22H,2-3,12,33H2,1H3,(H,34,37)(H,35,36). The van der Waals surface area contributed by atoms with Gasteiger partial charge in [-0.3, -0.25) is 9.59 Å². The van der Waals surface area contributed by atoms with Crippen molar-refractivity contribution in [2.75, 3.05) is 5.32 Å². The molecule has 3 aromatic rings. The Kier molecular flexibility index (Phi) is 7.41. The van der Waals surface area contributed by atoms with Crippen LogP contribution in [-0.2, 0) is 11.0 Å². The number of carboxylic acid groups (broad SMARTS) is 1. The topological polar surface area (TPSA) is 102 Å². The Morgan fingerprint density at radius 3 is 2.39 bits per heavy atom. The van der Waals surface area contributed by atoms with Crippen LogP contribution in [0.15, 0.2) is 48.5 Å². The number of benzene rings is 3. The number of carbonyl (C=O) groups excluding carboxylic acids is 1. The summed E-state index contributed by atoms with van der Waals surface area (Å²) in [5.41, 5.74) is 4.47. The van der Waals surface area contributed by atoms with Gasteiger partial charge in [0.2, 0.25) is 0 Å². The summed E-state index contributed by atoms with van der Waals surface area (Å²) in [7, 11) is 0. The minimum Gasteiger partial charge on any atom is -0.481 e. The molecular formula is C27H23F5N2O4. The average Bonchev–Trinajstić information content (AvgIpc) is 3.66. The lowest BCUT2D eigenvalue weighted by atomic mass is 9.98. The van der Waals surface area contributed by atoms with Crippen LogP contribution in [0.1, 0.15) is 63.8 Å². The van der Waals surface area contributed by atoms with Gasteiger partial charge in [-0.1, -0.05) is 0 Å². The Morgan fingerprint density at radius 2 is 1.79 bits per heavy atom. The third kappa shape index (κ3) is 6.10. The number of anilines is 1. The number of aryl methyl sites for hydroxylation is 1. The zero-order chi connectivity index (χ0) is 27.8.